The number of aryl methyl sites for hydroxylation is 1. The number of carboxylic acids is 1. The molecule has 43 heavy (non-hydrogen) atoms. The number of ether oxygens (including phenoxy) is 1. The van der Waals surface area contributed by atoms with Crippen molar-refractivity contribution >= 4 is 51.6 Å². The van der Waals surface area contributed by atoms with Crippen LogP contribution in [0.15, 0.2) is 53.6 Å². The van der Waals surface area contributed by atoms with Crippen LogP contribution in [0, 0.1) is 6.92 Å². The van der Waals surface area contributed by atoms with Crippen LogP contribution in [0.3, 0.4) is 0 Å². The monoisotopic (exact) mass is 622 g/mol. The van der Waals surface area contributed by atoms with Gasteiger partial charge in [-0.15, -0.1) is 0 Å². The number of carbonyl (C=O) groups is 1. The molecule has 4 aromatic rings. The van der Waals surface area contributed by atoms with Crippen molar-refractivity contribution in [3.63, 3.8) is 0 Å². The van der Waals surface area contributed by atoms with Crippen molar-refractivity contribution in [3.8, 4) is 11.6 Å². The van der Waals surface area contributed by atoms with E-state index in [9.17, 15) is 14.7 Å². The Kier molecular flexibility index (Phi) is 7.93. The molecule has 0 bridgehead atoms. The number of benzene rings is 1. The molecule has 2 fully saturated rings. The number of likely N-dealkylation sites (N-methyl/N-ethyl adjacent to an activating group) is 1. The molecule has 2 aliphatic heterocycles. The van der Waals surface area contributed by atoms with Crippen LogP contribution < -0.4 is 20.0 Å². The molecule has 1 atom stereocenters. The Morgan fingerprint density at radius 2 is 1.93 bits per heavy atom. The van der Waals surface area contributed by atoms with E-state index in [1.54, 1.807) is 29.0 Å². The van der Waals surface area contributed by atoms with Crippen LogP contribution in [0.5, 0.6) is 5.88 Å². The Balaban J connectivity index is 1.39. The van der Waals surface area contributed by atoms with E-state index in [1.807, 2.05) is 25.1 Å². The lowest BCUT2D eigenvalue weighted by molar-refractivity contribution is 0.0695. The van der Waals surface area contributed by atoms with Gasteiger partial charge >= 0.3 is 5.97 Å². The minimum absolute atomic E-state index is 0.00306. The number of carboxylic acid groups (broad SMARTS) is 1. The Labute approximate surface area is 259 Å². The molecule has 1 N–H and O–H groups in total. The highest BCUT2D eigenvalue weighted by Crippen LogP contribution is 2.36. The third-order valence-electron chi connectivity index (χ3n) is 8.35. The molecular formula is C31H32Cl2N6O4. The lowest BCUT2D eigenvalue weighted by atomic mass is 10.1. The molecule has 3 aromatic heterocycles. The van der Waals surface area contributed by atoms with Gasteiger partial charge in [-0.1, -0.05) is 23.2 Å². The molecule has 0 radical (unpaired) electrons. The van der Waals surface area contributed by atoms with Crippen LogP contribution >= 0.6 is 23.2 Å². The van der Waals surface area contributed by atoms with Gasteiger partial charge < -0.3 is 29.1 Å². The minimum atomic E-state index is -1.30. The molecule has 0 unspecified atom stereocenters. The highest BCUT2D eigenvalue weighted by atomic mass is 35.5. The van der Waals surface area contributed by atoms with E-state index < -0.39 is 11.4 Å². The van der Waals surface area contributed by atoms with E-state index in [4.69, 9.17) is 32.9 Å². The molecule has 0 spiro atoms. The molecular weight excluding hydrogens is 591 g/mol. The second kappa shape index (κ2) is 11.7. The SMILES string of the molecule is Cc1nc(N2CC(N(C)C)C2)ccc1-n1cc(C(=O)O)c(=O)c2cc(Cl)c(N3CCC[C@@H]3COc3ncccc3Cl)cc21. The smallest absolute Gasteiger partial charge is 0.341 e. The van der Waals surface area contributed by atoms with Crippen molar-refractivity contribution in [2.75, 3.05) is 50.1 Å². The normalized spacial score (nSPS) is 17.1. The highest BCUT2D eigenvalue weighted by molar-refractivity contribution is 6.34. The molecule has 10 nitrogen and oxygen atoms in total. The van der Waals surface area contributed by atoms with Crippen molar-refractivity contribution in [1.29, 1.82) is 0 Å². The lowest BCUT2D eigenvalue weighted by Gasteiger charge is -2.43. The average Bonchev–Trinajstić information content (AvgIpc) is 3.40. The second-order valence-electron chi connectivity index (χ2n) is 11.3. The first-order valence-corrected chi connectivity index (χ1v) is 14.9. The van der Waals surface area contributed by atoms with Crippen molar-refractivity contribution < 1.29 is 14.6 Å². The zero-order chi connectivity index (χ0) is 30.4. The largest absolute Gasteiger partial charge is 0.477 e. The van der Waals surface area contributed by atoms with Crippen LogP contribution in [0.1, 0.15) is 28.9 Å². The van der Waals surface area contributed by atoms with E-state index in [0.29, 0.717) is 45.5 Å². The summed E-state index contributed by atoms with van der Waals surface area (Å²) in [4.78, 5) is 41.1. The number of anilines is 2. The molecule has 1 aromatic carbocycles. The van der Waals surface area contributed by atoms with E-state index >= 15 is 0 Å². The third-order valence-corrected chi connectivity index (χ3v) is 8.94. The Morgan fingerprint density at radius 1 is 1.14 bits per heavy atom. The Morgan fingerprint density at radius 3 is 2.63 bits per heavy atom. The standard InChI is InChI=1S/C31H32Cl2N6O4/c1-18-25(8-9-28(35-18)37-14-20(15-37)36(2)3)39-16-22(31(41)42)29(40)21-12-24(33)27(13-26(21)39)38-11-5-6-19(38)17-43-30-23(32)7-4-10-34-30/h4,7-10,12-13,16,19-20H,5-6,11,14-15,17H2,1-3H3,(H,41,42)/t19-/m1/s1. The van der Waals surface area contributed by atoms with Crippen molar-refractivity contribution in [2.24, 2.45) is 0 Å². The quantitative estimate of drug-likeness (QED) is 0.294. The number of hydrogen-bond acceptors (Lipinski definition) is 8. The van der Waals surface area contributed by atoms with E-state index in [-0.39, 0.29) is 17.0 Å². The number of aromatic carboxylic acids is 1. The van der Waals surface area contributed by atoms with Crippen molar-refractivity contribution in [1.82, 2.24) is 19.4 Å². The van der Waals surface area contributed by atoms with Gasteiger partial charge in [-0.05, 0) is 70.3 Å². The first-order chi connectivity index (χ1) is 20.6. The number of aromatic nitrogens is 3. The van der Waals surface area contributed by atoms with Crippen molar-refractivity contribution in [3.05, 3.63) is 80.3 Å². The van der Waals surface area contributed by atoms with Gasteiger partial charge in [0, 0.05) is 43.5 Å². The predicted molar refractivity (Wildman–Crippen MR) is 169 cm³/mol. The van der Waals surface area contributed by atoms with Gasteiger partial charge in [0.05, 0.1) is 33.6 Å². The van der Waals surface area contributed by atoms with Gasteiger partial charge in [0.2, 0.25) is 11.3 Å². The minimum Gasteiger partial charge on any atom is -0.477 e. The topological polar surface area (TPSA) is 104 Å². The number of pyridine rings is 3. The molecule has 0 aliphatic carbocycles. The summed E-state index contributed by atoms with van der Waals surface area (Å²) in [5.74, 6) is -0.0688. The molecule has 0 amide bonds. The Hall–Kier alpha value is -3.86. The molecule has 2 saturated heterocycles. The number of halogens is 2. The summed E-state index contributed by atoms with van der Waals surface area (Å²) >= 11 is 13.0. The molecule has 0 saturated carbocycles. The number of rotatable bonds is 8. The maximum Gasteiger partial charge on any atom is 0.341 e. The van der Waals surface area contributed by atoms with Gasteiger partial charge in [-0.25, -0.2) is 14.8 Å². The van der Waals surface area contributed by atoms with E-state index in [0.717, 1.165) is 44.0 Å². The van der Waals surface area contributed by atoms with Crippen molar-refractivity contribution in [2.45, 2.75) is 31.8 Å². The molecule has 224 valence electrons. The van der Waals surface area contributed by atoms with Crippen LogP contribution in [0.2, 0.25) is 10.0 Å². The van der Waals surface area contributed by atoms with Gasteiger partial charge in [0.15, 0.2) is 0 Å². The number of hydrogen-bond donors (Lipinski definition) is 1. The summed E-state index contributed by atoms with van der Waals surface area (Å²) in [6.45, 7) is 4.76. The summed E-state index contributed by atoms with van der Waals surface area (Å²) in [5, 5.41) is 10.9. The second-order valence-corrected chi connectivity index (χ2v) is 12.1. The first-order valence-electron chi connectivity index (χ1n) is 14.1. The fourth-order valence-corrected chi connectivity index (χ4v) is 6.27. The zero-order valence-electron chi connectivity index (χ0n) is 24.1. The fourth-order valence-electron chi connectivity index (χ4n) is 5.82. The highest BCUT2D eigenvalue weighted by Gasteiger charge is 2.31. The maximum atomic E-state index is 13.3. The Bertz CT molecular complexity index is 1770. The van der Waals surface area contributed by atoms with E-state index in [1.165, 1.54) is 6.20 Å². The maximum absolute atomic E-state index is 13.3. The van der Waals surface area contributed by atoms with Gasteiger partial charge in [0.1, 0.15) is 23.0 Å². The predicted octanol–water partition coefficient (Wildman–Crippen LogP) is 4.89. The fraction of sp³-hybridized carbons (Fsp3) is 0.355. The first kappa shape index (κ1) is 29.2. The van der Waals surface area contributed by atoms with Crippen LogP contribution in [0.4, 0.5) is 11.5 Å². The van der Waals surface area contributed by atoms with Gasteiger partial charge in [-0.2, -0.15) is 0 Å². The average molecular weight is 624 g/mol. The summed E-state index contributed by atoms with van der Waals surface area (Å²) in [6, 6.07) is 11.2. The lowest BCUT2D eigenvalue weighted by Crippen LogP contribution is -2.57. The molecule has 6 rings (SSSR count). The van der Waals surface area contributed by atoms with Gasteiger partial charge in [-0.3, -0.25) is 4.79 Å². The summed E-state index contributed by atoms with van der Waals surface area (Å²) in [7, 11) is 4.14. The van der Waals surface area contributed by atoms with E-state index in [2.05, 4.69) is 33.8 Å². The van der Waals surface area contributed by atoms with Gasteiger partial charge in [0.25, 0.3) is 0 Å². The zero-order valence-corrected chi connectivity index (χ0v) is 25.6. The summed E-state index contributed by atoms with van der Waals surface area (Å²) in [5.41, 5.74) is 1.75. The van der Waals surface area contributed by atoms with Crippen LogP contribution in [-0.4, -0.2) is 82.9 Å². The summed E-state index contributed by atoms with van der Waals surface area (Å²) < 4.78 is 7.71. The molecule has 2 aliphatic rings. The summed E-state index contributed by atoms with van der Waals surface area (Å²) in [6.07, 6.45) is 4.82. The van der Waals surface area contributed by atoms with Crippen LogP contribution in [-0.2, 0) is 0 Å². The molecule has 5 heterocycles. The number of nitrogens with zero attached hydrogens (tertiary/aromatic N) is 6. The molecule has 12 heteroatoms. The van der Waals surface area contributed by atoms with Crippen LogP contribution in [0.25, 0.3) is 16.6 Å². The number of fused-ring (bicyclic) bond motifs is 1. The third kappa shape index (κ3) is 5.50.